The summed E-state index contributed by atoms with van der Waals surface area (Å²) in [6.45, 7) is 2.30. The predicted octanol–water partition coefficient (Wildman–Crippen LogP) is 3.50. The molecule has 0 spiro atoms. The molecular formula is C20H24F4N2O3. The fraction of sp³-hybridized carbons (Fsp3) is 0.600. The van der Waals surface area contributed by atoms with Crippen molar-refractivity contribution in [3.05, 3.63) is 35.1 Å². The van der Waals surface area contributed by atoms with Crippen LogP contribution < -0.4 is 5.32 Å². The van der Waals surface area contributed by atoms with E-state index in [1.54, 1.807) is 4.90 Å². The molecular weight excluding hydrogens is 392 g/mol. The molecule has 1 aliphatic carbocycles. The second-order valence-electron chi connectivity index (χ2n) is 7.96. The number of amides is 2. The number of hydrogen-bond acceptors (Lipinski definition) is 3. The topological polar surface area (TPSA) is 58.6 Å². The zero-order valence-electron chi connectivity index (χ0n) is 16.2. The molecule has 0 bridgehead atoms. The van der Waals surface area contributed by atoms with Crippen LogP contribution in [0.1, 0.15) is 38.2 Å². The summed E-state index contributed by atoms with van der Waals surface area (Å²) in [5, 5.41) is 2.30. The maximum atomic E-state index is 14.5. The second kappa shape index (κ2) is 8.59. The molecule has 9 heteroatoms. The van der Waals surface area contributed by atoms with Gasteiger partial charge in [-0.3, -0.25) is 4.79 Å². The van der Waals surface area contributed by atoms with Gasteiger partial charge in [0.05, 0.1) is 6.42 Å². The van der Waals surface area contributed by atoms with E-state index < -0.39 is 41.5 Å². The molecule has 1 aromatic carbocycles. The highest BCUT2D eigenvalue weighted by Gasteiger charge is 2.43. The van der Waals surface area contributed by atoms with E-state index in [0.29, 0.717) is 32.0 Å². The van der Waals surface area contributed by atoms with Crippen molar-refractivity contribution >= 4 is 12.0 Å². The van der Waals surface area contributed by atoms with Crippen molar-refractivity contribution in [1.82, 2.24) is 10.2 Å². The van der Waals surface area contributed by atoms with Crippen LogP contribution in [0.2, 0.25) is 0 Å². The van der Waals surface area contributed by atoms with Gasteiger partial charge in [0.25, 0.3) is 0 Å². The fourth-order valence-corrected chi connectivity index (χ4v) is 3.33. The molecule has 0 aromatic heterocycles. The van der Waals surface area contributed by atoms with Gasteiger partial charge in [0.2, 0.25) is 5.91 Å². The van der Waals surface area contributed by atoms with Gasteiger partial charge in [-0.15, -0.1) is 0 Å². The smallest absolute Gasteiger partial charge is 0.410 e. The minimum absolute atomic E-state index is 0.315. The number of ether oxygens (including phenoxy) is 1. The molecule has 2 amide bonds. The normalized spacial score (nSPS) is 19.6. The van der Waals surface area contributed by atoms with Gasteiger partial charge in [-0.05, 0) is 50.7 Å². The molecule has 1 atom stereocenters. The lowest BCUT2D eigenvalue weighted by Crippen LogP contribution is -2.44. The fourth-order valence-electron chi connectivity index (χ4n) is 3.33. The molecule has 1 heterocycles. The van der Waals surface area contributed by atoms with Gasteiger partial charge in [0, 0.05) is 25.2 Å². The first-order valence-electron chi connectivity index (χ1n) is 9.69. The number of benzene rings is 1. The van der Waals surface area contributed by atoms with E-state index in [4.69, 9.17) is 4.74 Å². The van der Waals surface area contributed by atoms with E-state index in [9.17, 15) is 27.2 Å². The molecule has 160 valence electrons. The van der Waals surface area contributed by atoms with Crippen molar-refractivity contribution in [2.45, 2.75) is 50.8 Å². The highest BCUT2D eigenvalue weighted by molar-refractivity contribution is 5.78. The van der Waals surface area contributed by atoms with Crippen molar-refractivity contribution in [2.75, 3.05) is 19.6 Å². The Labute approximate surface area is 166 Å². The Kier molecular flexibility index (Phi) is 6.33. The summed E-state index contributed by atoms with van der Waals surface area (Å²) in [6, 6.07) is 1.37. The van der Waals surface area contributed by atoms with E-state index >= 15 is 0 Å². The predicted molar refractivity (Wildman–Crippen MR) is 96.3 cm³/mol. The number of piperidine rings is 1. The van der Waals surface area contributed by atoms with Gasteiger partial charge >= 0.3 is 6.09 Å². The van der Waals surface area contributed by atoms with E-state index in [2.05, 4.69) is 5.32 Å². The van der Waals surface area contributed by atoms with Crippen molar-refractivity contribution in [3.63, 3.8) is 0 Å². The van der Waals surface area contributed by atoms with Gasteiger partial charge in [-0.1, -0.05) is 0 Å². The molecule has 29 heavy (non-hydrogen) atoms. The Morgan fingerprint density at radius 1 is 1.21 bits per heavy atom. The molecule has 0 unspecified atom stereocenters. The minimum atomic E-state index is -1.42. The van der Waals surface area contributed by atoms with Gasteiger partial charge < -0.3 is 15.0 Å². The number of nitrogens with zero attached hydrogens (tertiary/aromatic N) is 1. The minimum Gasteiger partial charge on any atom is -0.443 e. The van der Waals surface area contributed by atoms with Gasteiger partial charge in [0.15, 0.2) is 11.6 Å². The maximum Gasteiger partial charge on any atom is 0.410 e. The number of rotatable bonds is 6. The number of nitrogens with one attached hydrogen (secondary N) is 1. The standard InChI is InChI=1S/C20H24F4N2O3/c1-20(6-7-20)29-19(28)26-8-4-12(5-9-26)16(23)11-25-17(27)10-13-14(21)2-3-15(22)18(13)24/h2-3,12,16H,4-11H2,1H3,(H,25,27)/t16-/m0/s1. The Hall–Kier alpha value is -2.32. The van der Waals surface area contributed by atoms with Crippen molar-refractivity contribution < 1.29 is 31.9 Å². The SMILES string of the molecule is CC1(OC(=O)N2CCC([C@@H](F)CNC(=O)Cc3c(F)ccc(F)c3F)CC2)CC1. The number of hydrogen-bond donors (Lipinski definition) is 1. The summed E-state index contributed by atoms with van der Waals surface area (Å²) in [5.41, 5.74) is -1.05. The van der Waals surface area contributed by atoms with Crippen LogP contribution in [0.4, 0.5) is 22.4 Å². The van der Waals surface area contributed by atoms with E-state index in [0.717, 1.165) is 18.9 Å². The number of halogens is 4. The first-order chi connectivity index (χ1) is 13.7. The molecule has 2 fully saturated rings. The van der Waals surface area contributed by atoms with Crippen LogP contribution in [0.25, 0.3) is 0 Å². The molecule has 1 aliphatic heterocycles. The zero-order chi connectivity index (χ0) is 21.2. The number of carbonyl (C=O) groups is 2. The van der Waals surface area contributed by atoms with Crippen LogP contribution in [-0.2, 0) is 16.0 Å². The van der Waals surface area contributed by atoms with Crippen molar-refractivity contribution in [3.8, 4) is 0 Å². The van der Waals surface area contributed by atoms with Gasteiger partial charge in [0.1, 0.15) is 17.6 Å². The molecule has 1 saturated carbocycles. The lowest BCUT2D eigenvalue weighted by molar-refractivity contribution is -0.120. The number of alkyl halides is 1. The van der Waals surface area contributed by atoms with Crippen molar-refractivity contribution in [1.29, 1.82) is 0 Å². The Morgan fingerprint density at radius 2 is 1.83 bits per heavy atom. The third-order valence-corrected chi connectivity index (χ3v) is 5.57. The average molecular weight is 416 g/mol. The number of likely N-dealkylation sites (tertiary alicyclic amines) is 1. The van der Waals surface area contributed by atoms with Gasteiger partial charge in [-0.2, -0.15) is 0 Å². The van der Waals surface area contributed by atoms with Crippen LogP contribution in [0.15, 0.2) is 12.1 Å². The van der Waals surface area contributed by atoms with Crippen molar-refractivity contribution in [2.24, 2.45) is 5.92 Å². The molecule has 1 aromatic rings. The molecule has 2 aliphatic rings. The molecule has 1 N–H and O–H groups in total. The highest BCUT2D eigenvalue weighted by Crippen LogP contribution is 2.39. The Bertz CT molecular complexity index is 777. The zero-order valence-corrected chi connectivity index (χ0v) is 16.2. The third-order valence-electron chi connectivity index (χ3n) is 5.57. The third kappa shape index (κ3) is 5.39. The molecule has 0 radical (unpaired) electrons. The van der Waals surface area contributed by atoms with E-state index in [-0.39, 0.29) is 24.2 Å². The van der Waals surface area contributed by atoms with Crippen LogP contribution in [0, 0.1) is 23.4 Å². The summed E-state index contributed by atoms with van der Waals surface area (Å²) >= 11 is 0. The largest absolute Gasteiger partial charge is 0.443 e. The second-order valence-corrected chi connectivity index (χ2v) is 7.96. The molecule has 3 rings (SSSR count). The summed E-state index contributed by atoms with van der Waals surface area (Å²) in [5.74, 6) is -4.85. The Morgan fingerprint density at radius 3 is 2.45 bits per heavy atom. The quantitative estimate of drug-likeness (QED) is 0.571. The van der Waals surface area contributed by atoms with Gasteiger partial charge in [-0.25, -0.2) is 22.4 Å². The molecule has 1 saturated heterocycles. The lowest BCUT2D eigenvalue weighted by Gasteiger charge is -2.33. The van der Waals surface area contributed by atoms with Crippen LogP contribution in [0.5, 0.6) is 0 Å². The average Bonchev–Trinajstić information content (AvgIpc) is 3.43. The summed E-state index contributed by atoms with van der Waals surface area (Å²) in [7, 11) is 0. The lowest BCUT2D eigenvalue weighted by atomic mass is 9.92. The Balaban J connectivity index is 1.42. The van der Waals surface area contributed by atoms with Crippen LogP contribution in [0.3, 0.4) is 0 Å². The summed E-state index contributed by atoms with van der Waals surface area (Å²) in [6.07, 6.45) is 0.0963. The highest BCUT2D eigenvalue weighted by atomic mass is 19.2. The van der Waals surface area contributed by atoms with Crippen LogP contribution >= 0.6 is 0 Å². The van der Waals surface area contributed by atoms with E-state index in [1.165, 1.54) is 0 Å². The summed E-state index contributed by atoms with van der Waals surface area (Å²) < 4.78 is 60.2. The molecule has 5 nitrogen and oxygen atoms in total. The summed E-state index contributed by atoms with van der Waals surface area (Å²) in [4.78, 5) is 25.5. The monoisotopic (exact) mass is 416 g/mol. The van der Waals surface area contributed by atoms with Crippen LogP contribution in [-0.4, -0.2) is 48.3 Å². The van der Waals surface area contributed by atoms with E-state index in [1.807, 2.05) is 6.92 Å². The maximum absolute atomic E-state index is 14.5. The first-order valence-corrected chi connectivity index (χ1v) is 9.69. The first kappa shape index (κ1) is 21.4. The number of carbonyl (C=O) groups excluding carboxylic acids is 2.